The summed E-state index contributed by atoms with van der Waals surface area (Å²) in [6.45, 7) is 8.91. The van der Waals surface area contributed by atoms with Gasteiger partial charge in [-0.2, -0.15) is 10.0 Å². The Bertz CT molecular complexity index is 1220. The maximum absolute atomic E-state index is 12.8. The molecule has 32 heavy (non-hydrogen) atoms. The van der Waals surface area contributed by atoms with Crippen LogP contribution in [0.25, 0.3) is 11.8 Å². The van der Waals surface area contributed by atoms with E-state index in [1.807, 2.05) is 32.0 Å². The van der Waals surface area contributed by atoms with E-state index in [0.29, 0.717) is 18.4 Å². The number of benzene rings is 1. The highest BCUT2D eigenvalue weighted by atomic mass is 32.2. The van der Waals surface area contributed by atoms with Gasteiger partial charge in [0.15, 0.2) is 11.0 Å². The minimum absolute atomic E-state index is 0.0523. The van der Waals surface area contributed by atoms with Crippen LogP contribution in [-0.4, -0.2) is 62.9 Å². The molecule has 0 radical (unpaired) electrons. The van der Waals surface area contributed by atoms with E-state index < -0.39 is 5.91 Å². The molecule has 0 aliphatic carbocycles. The maximum Gasteiger partial charge on any atom is 0.283 e. The number of rotatable bonds is 2. The SMILES string of the molecule is Cc1ccccc1-n1c(C)cc(/C=C2/C(=N)N3N=C(N4CCOCC4)SC3=NC2=O)c1C. The first kappa shape index (κ1) is 20.7. The standard InChI is InChI=1S/C23H24N6O2S/c1-14-6-4-5-7-19(14)28-15(2)12-17(16(28)3)13-18-20(24)29-22(25-21(18)30)32-23(26-29)27-8-10-31-11-9-27/h4-7,12-13,24H,8-11H2,1-3H3/b18-13-,24-20?. The van der Waals surface area contributed by atoms with Gasteiger partial charge in [-0.15, -0.1) is 5.10 Å². The molecule has 8 nitrogen and oxygen atoms in total. The molecule has 3 aliphatic rings. The summed E-state index contributed by atoms with van der Waals surface area (Å²) in [6.07, 6.45) is 1.76. The molecule has 5 rings (SSSR count). The fraction of sp³-hybridized carbons (Fsp3) is 0.304. The smallest absolute Gasteiger partial charge is 0.283 e. The number of amides is 1. The number of para-hydroxylation sites is 1. The van der Waals surface area contributed by atoms with Gasteiger partial charge in [0.1, 0.15) is 0 Å². The summed E-state index contributed by atoms with van der Waals surface area (Å²) in [5, 5.41) is 15.9. The van der Waals surface area contributed by atoms with Crippen molar-refractivity contribution in [2.75, 3.05) is 26.3 Å². The van der Waals surface area contributed by atoms with E-state index in [1.165, 1.54) is 22.3 Å². The van der Waals surface area contributed by atoms with Crippen LogP contribution >= 0.6 is 11.8 Å². The molecule has 0 bridgehead atoms. The normalized spacial score (nSPS) is 20.0. The summed E-state index contributed by atoms with van der Waals surface area (Å²) < 4.78 is 7.58. The Morgan fingerprint density at radius 3 is 2.62 bits per heavy atom. The number of ether oxygens (including phenoxy) is 1. The Labute approximate surface area is 190 Å². The predicted molar refractivity (Wildman–Crippen MR) is 127 cm³/mol. The number of aromatic nitrogens is 1. The molecule has 0 atom stereocenters. The number of thioether (sulfide) groups is 1. The third-order valence-electron chi connectivity index (χ3n) is 5.85. The van der Waals surface area contributed by atoms with Crippen molar-refractivity contribution >= 4 is 39.9 Å². The Hall–Kier alpha value is -3.17. The summed E-state index contributed by atoms with van der Waals surface area (Å²) in [7, 11) is 0. The molecule has 9 heteroatoms. The number of aliphatic imine (C=N–C) groups is 1. The van der Waals surface area contributed by atoms with E-state index in [2.05, 4.69) is 38.6 Å². The van der Waals surface area contributed by atoms with Crippen molar-refractivity contribution in [1.29, 1.82) is 5.41 Å². The lowest BCUT2D eigenvalue weighted by atomic mass is 10.1. The zero-order chi connectivity index (χ0) is 22.4. The fourth-order valence-electron chi connectivity index (χ4n) is 4.14. The van der Waals surface area contributed by atoms with Crippen molar-refractivity contribution in [2.45, 2.75) is 20.8 Å². The minimum Gasteiger partial charge on any atom is -0.378 e. The van der Waals surface area contributed by atoms with Crippen LogP contribution in [0, 0.1) is 26.2 Å². The van der Waals surface area contributed by atoms with E-state index in [9.17, 15) is 4.79 Å². The molecule has 0 unspecified atom stereocenters. The summed E-state index contributed by atoms with van der Waals surface area (Å²) in [6, 6.07) is 10.2. The fourth-order valence-corrected chi connectivity index (χ4v) is 5.08. The molecule has 3 aliphatic heterocycles. The first-order valence-electron chi connectivity index (χ1n) is 10.5. The highest BCUT2D eigenvalue weighted by molar-refractivity contribution is 8.26. The summed E-state index contributed by atoms with van der Waals surface area (Å²) in [5.74, 6) is -0.357. The van der Waals surface area contributed by atoms with Gasteiger partial charge < -0.3 is 14.2 Å². The molecule has 164 valence electrons. The number of nitrogens with one attached hydrogen (secondary N) is 1. The predicted octanol–water partition coefficient (Wildman–Crippen LogP) is 3.31. The van der Waals surface area contributed by atoms with Crippen LogP contribution in [0.5, 0.6) is 0 Å². The monoisotopic (exact) mass is 448 g/mol. The van der Waals surface area contributed by atoms with Crippen LogP contribution in [0.1, 0.15) is 22.5 Å². The van der Waals surface area contributed by atoms with Gasteiger partial charge in [0.2, 0.25) is 5.17 Å². The second-order valence-electron chi connectivity index (χ2n) is 7.95. The van der Waals surface area contributed by atoms with Crippen LogP contribution in [-0.2, 0) is 9.53 Å². The number of nitrogens with zero attached hydrogens (tertiary/aromatic N) is 5. The largest absolute Gasteiger partial charge is 0.378 e. The number of morpholine rings is 1. The van der Waals surface area contributed by atoms with E-state index >= 15 is 0 Å². The van der Waals surface area contributed by atoms with Crippen molar-refractivity contribution in [3.05, 3.63) is 58.4 Å². The molecule has 1 N–H and O–H groups in total. The molecular weight excluding hydrogens is 424 g/mol. The highest BCUT2D eigenvalue weighted by Gasteiger charge is 2.37. The lowest BCUT2D eigenvalue weighted by Gasteiger charge is -2.26. The summed E-state index contributed by atoms with van der Waals surface area (Å²) >= 11 is 1.33. The highest BCUT2D eigenvalue weighted by Crippen LogP contribution is 2.31. The molecule has 1 aromatic heterocycles. The van der Waals surface area contributed by atoms with Crippen molar-refractivity contribution in [1.82, 2.24) is 14.5 Å². The van der Waals surface area contributed by atoms with Gasteiger partial charge >= 0.3 is 0 Å². The Kier molecular flexibility index (Phi) is 5.22. The van der Waals surface area contributed by atoms with Crippen molar-refractivity contribution in [2.24, 2.45) is 10.1 Å². The Morgan fingerprint density at radius 1 is 1.12 bits per heavy atom. The third kappa shape index (κ3) is 3.47. The van der Waals surface area contributed by atoms with Crippen LogP contribution in [0.15, 0.2) is 46.0 Å². The van der Waals surface area contributed by atoms with Crippen LogP contribution in [0.3, 0.4) is 0 Å². The van der Waals surface area contributed by atoms with Crippen molar-refractivity contribution in [3.8, 4) is 5.69 Å². The molecular formula is C23H24N6O2S. The van der Waals surface area contributed by atoms with Gasteiger partial charge in [-0.1, -0.05) is 18.2 Å². The minimum atomic E-state index is -0.409. The van der Waals surface area contributed by atoms with Gasteiger partial charge in [0.05, 0.1) is 18.8 Å². The Balaban J connectivity index is 1.49. The number of fused-ring (bicyclic) bond motifs is 1. The van der Waals surface area contributed by atoms with Gasteiger partial charge in [-0.05, 0) is 61.9 Å². The average Bonchev–Trinajstić information content (AvgIpc) is 3.33. The van der Waals surface area contributed by atoms with E-state index in [1.54, 1.807) is 6.08 Å². The van der Waals surface area contributed by atoms with Gasteiger partial charge in [-0.3, -0.25) is 10.2 Å². The lowest BCUT2D eigenvalue weighted by Crippen LogP contribution is -2.39. The van der Waals surface area contributed by atoms with Gasteiger partial charge in [0, 0.05) is 30.2 Å². The lowest BCUT2D eigenvalue weighted by molar-refractivity contribution is -0.114. The van der Waals surface area contributed by atoms with Gasteiger partial charge in [0.25, 0.3) is 5.91 Å². The number of aryl methyl sites for hydroxylation is 2. The second kappa shape index (κ2) is 8.07. The number of hydrogen-bond acceptors (Lipinski definition) is 6. The number of carbonyl (C=O) groups excluding carboxylic acids is 1. The van der Waals surface area contributed by atoms with E-state index in [0.717, 1.165) is 40.9 Å². The quantitative estimate of drug-likeness (QED) is 0.713. The molecule has 1 fully saturated rings. The topological polar surface area (TPSA) is 86.3 Å². The molecule has 1 saturated heterocycles. The molecule has 2 aromatic rings. The Morgan fingerprint density at radius 2 is 1.88 bits per heavy atom. The zero-order valence-electron chi connectivity index (χ0n) is 18.3. The van der Waals surface area contributed by atoms with E-state index in [4.69, 9.17) is 10.1 Å². The van der Waals surface area contributed by atoms with Crippen molar-refractivity contribution in [3.63, 3.8) is 0 Å². The third-order valence-corrected chi connectivity index (χ3v) is 6.82. The van der Waals surface area contributed by atoms with E-state index in [-0.39, 0.29) is 11.4 Å². The van der Waals surface area contributed by atoms with Crippen LogP contribution < -0.4 is 0 Å². The molecule has 4 heterocycles. The first-order chi connectivity index (χ1) is 15.4. The molecule has 0 saturated carbocycles. The molecule has 1 amide bonds. The number of hydrogen-bond donors (Lipinski definition) is 1. The summed E-state index contributed by atoms with van der Waals surface area (Å²) in [4.78, 5) is 19.2. The summed E-state index contributed by atoms with van der Waals surface area (Å²) in [5.41, 5.74) is 5.48. The number of hydrazone groups is 1. The second-order valence-corrected chi connectivity index (χ2v) is 8.88. The molecule has 1 aromatic carbocycles. The zero-order valence-corrected chi connectivity index (χ0v) is 19.1. The average molecular weight is 449 g/mol. The maximum atomic E-state index is 12.8. The van der Waals surface area contributed by atoms with Crippen LogP contribution in [0.4, 0.5) is 0 Å². The van der Waals surface area contributed by atoms with Crippen molar-refractivity contribution < 1.29 is 9.53 Å². The number of carbonyl (C=O) groups is 1. The van der Waals surface area contributed by atoms with Gasteiger partial charge in [-0.25, -0.2) is 0 Å². The molecule has 0 spiro atoms. The van der Waals surface area contributed by atoms with Crippen LogP contribution in [0.2, 0.25) is 0 Å². The number of amidine groups is 3. The first-order valence-corrected chi connectivity index (χ1v) is 11.3.